The number of aromatic nitrogens is 1. The van der Waals surface area contributed by atoms with Gasteiger partial charge in [0.25, 0.3) is 0 Å². The number of carbonyl (C=O) groups is 2. The Morgan fingerprint density at radius 2 is 1.64 bits per heavy atom. The first-order valence-electron chi connectivity index (χ1n) is 9.65. The molecule has 1 N–H and O–H groups in total. The molecule has 10 heteroatoms. The van der Waals surface area contributed by atoms with E-state index in [2.05, 4.69) is 10.3 Å². The Balaban J connectivity index is 1.51. The van der Waals surface area contributed by atoms with Crippen molar-refractivity contribution in [1.82, 2.24) is 4.98 Å². The Morgan fingerprint density at radius 3 is 2.30 bits per heavy atom. The lowest BCUT2D eigenvalue weighted by atomic mass is 10.0. The summed E-state index contributed by atoms with van der Waals surface area (Å²) in [6.45, 7) is 0. The lowest BCUT2D eigenvalue weighted by Crippen LogP contribution is -2.17. The van der Waals surface area contributed by atoms with Crippen molar-refractivity contribution in [1.29, 1.82) is 0 Å². The summed E-state index contributed by atoms with van der Waals surface area (Å²) in [6, 6.07) is 14.6. The molecule has 1 aromatic heterocycles. The van der Waals surface area contributed by atoms with Gasteiger partial charge in [-0.05, 0) is 54.1 Å². The number of benzene rings is 2. The highest BCUT2D eigenvalue weighted by Gasteiger charge is 2.67. The molecule has 0 bridgehead atoms. The zero-order chi connectivity index (χ0) is 23.9. The molecule has 1 aliphatic rings. The van der Waals surface area contributed by atoms with E-state index in [0.717, 1.165) is 0 Å². The number of anilines is 1. The number of rotatable bonds is 6. The average Bonchev–Trinajstić information content (AvgIpc) is 3.31. The summed E-state index contributed by atoms with van der Waals surface area (Å²) in [5.41, 5.74) is 1.80. The van der Waals surface area contributed by atoms with E-state index in [1.165, 1.54) is 12.1 Å². The fourth-order valence-electron chi connectivity index (χ4n) is 3.67. The van der Waals surface area contributed by atoms with Crippen LogP contribution in [0.2, 0.25) is 20.2 Å². The molecule has 0 radical (unpaired) electrons. The van der Waals surface area contributed by atoms with E-state index in [1.54, 1.807) is 42.5 Å². The van der Waals surface area contributed by atoms with Crippen molar-refractivity contribution < 1.29 is 9.59 Å². The lowest BCUT2D eigenvalue weighted by molar-refractivity contribution is -0.117. The van der Waals surface area contributed by atoms with Gasteiger partial charge in [0, 0.05) is 32.9 Å². The maximum Gasteiger partial charge on any atom is 0.231 e. The summed E-state index contributed by atoms with van der Waals surface area (Å²) in [6.07, 6.45) is 0.00434. The van der Waals surface area contributed by atoms with Gasteiger partial charge in [-0.15, -0.1) is 23.2 Å². The van der Waals surface area contributed by atoms with Crippen molar-refractivity contribution in [3.8, 4) is 0 Å². The predicted octanol–water partition coefficient (Wildman–Crippen LogP) is 7.65. The minimum Gasteiger partial charge on any atom is -0.326 e. The van der Waals surface area contributed by atoms with E-state index in [0.29, 0.717) is 27.0 Å². The highest BCUT2D eigenvalue weighted by atomic mass is 35.5. The zero-order valence-corrected chi connectivity index (χ0v) is 21.1. The predicted molar refractivity (Wildman–Crippen MR) is 134 cm³/mol. The van der Waals surface area contributed by atoms with Crippen molar-refractivity contribution in [3.05, 3.63) is 91.6 Å². The SMILES string of the molecule is O=C(Cc1cccc(Cl)n1)c1cc(NC(=O)C2C(c3cc(Cl)cc(Cl)c3)C2(Cl)Cl)ccc1Cl. The van der Waals surface area contributed by atoms with Crippen molar-refractivity contribution in [3.63, 3.8) is 0 Å². The molecule has 1 aliphatic carbocycles. The summed E-state index contributed by atoms with van der Waals surface area (Å²) in [5, 5.41) is 4.14. The summed E-state index contributed by atoms with van der Waals surface area (Å²) in [4.78, 5) is 29.9. The van der Waals surface area contributed by atoms with Gasteiger partial charge in [0.05, 0.1) is 17.4 Å². The van der Waals surface area contributed by atoms with E-state index in [-0.39, 0.29) is 27.9 Å². The van der Waals surface area contributed by atoms with Crippen molar-refractivity contribution in [2.75, 3.05) is 5.32 Å². The van der Waals surface area contributed by atoms with Crippen LogP contribution in [0.5, 0.6) is 0 Å². The largest absolute Gasteiger partial charge is 0.326 e. The average molecular weight is 563 g/mol. The number of hydrogen-bond acceptors (Lipinski definition) is 3. The summed E-state index contributed by atoms with van der Waals surface area (Å²) in [7, 11) is 0. The smallest absolute Gasteiger partial charge is 0.231 e. The number of halogens is 6. The molecule has 1 saturated carbocycles. The molecular formula is C23H14Cl6N2O2. The Morgan fingerprint density at radius 1 is 0.939 bits per heavy atom. The molecule has 2 atom stereocenters. The van der Waals surface area contributed by atoms with Crippen LogP contribution in [0.25, 0.3) is 0 Å². The Hall–Kier alpha value is -1.53. The summed E-state index contributed by atoms with van der Waals surface area (Å²) >= 11 is 37.1. The molecule has 4 rings (SSSR count). The second-order valence-corrected chi connectivity index (χ2v) is 10.7. The number of hydrogen-bond donors (Lipinski definition) is 1. The molecule has 2 unspecified atom stereocenters. The maximum absolute atomic E-state index is 12.9. The van der Waals surface area contributed by atoms with Gasteiger partial charge in [0.2, 0.25) is 5.91 Å². The zero-order valence-electron chi connectivity index (χ0n) is 16.6. The molecule has 0 spiro atoms. The van der Waals surface area contributed by atoms with Crippen LogP contribution >= 0.6 is 69.6 Å². The second kappa shape index (κ2) is 9.61. The molecule has 1 fully saturated rings. The number of Topliss-reactive ketones (excluding diaryl/α,β-unsaturated/α-hetero) is 1. The second-order valence-electron chi connectivity index (χ2n) is 7.57. The van der Waals surface area contributed by atoms with Crippen LogP contribution in [0.4, 0.5) is 5.69 Å². The quantitative estimate of drug-likeness (QED) is 0.191. The van der Waals surface area contributed by atoms with E-state index in [4.69, 9.17) is 69.6 Å². The van der Waals surface area contributed by atoms with Gasteiger partial charge in [-0.2, -0.15) is 0 Å². The Bertz CT molecular complexity index is 1240. The van der Waals surface area contributed by atoms with Crippen LogP contribution in [-0.4, -0.2) is 21.0 Å². The topological polar surface area (TPSA) is 59.1 Å². The minimum atomic E-state index is -1.32. The Labute approximate surface area is 220 Å². The van der Waals surface area contributed by atoms with Crippen molar-refractivity contribution in [2.24, 2.45) is 5.92 Å². The molecule has 0 aliphatic heterocycles. The number of amides is 1. The number of ketones is 1. The number of nitrogens with one attached hydrogen (secondary N) is 1. The fraction of sp³-hybridized carbons (Fsp3) is 0.174. The maximum atomic E-state index is 12.9. The summed E-state index contributed by atoms with van der Waals surface area (Å²) in [5.74, 6) is -1.90. The van der Waals surface area contributed by atoms with Crippen LogP contribution in [-0.2, 0) is 11.2 Å². The number of pyridine rings is 1. The van der Waals surface area contributed by atoms with Gasteiger partial charge in [0.1, 0.15) is 9.49 Å². The summed E-state index contributed by atoms with van der Waals surface area (Å²) < 4.78 is -1.32. The van der Waals surface area contributed by atoms with Crippen molar-refractivity contribution >= 4 is 87.0 Å². The minimum absolute atomic E-state index is 0.00434. The normalized spacial score (nSPS) is 18.6. The third kappa shape index (κ3) is 5.43. The number of nitrogens with zero attached hydrogens (tertiary/aromatic N) is 1. The van der Waals surface area contributed by atoms with Gasteiger partial charge < -0.3 is 5.32 Å². The van der Waals surface area contributed by atoms with Crippen LogP contribution in [0.1, 0.15) is 27.5 Å². The fourth-order valence-corrected chi connectivity index (χ4v) is 5.44. The molecular weight excluding hydrogens is 549 g/mol. The van der Waals surface area contributed by atoms with Gasteiger partial charge in [-0.3, -0.25) is 9.59 Å². The molecule has 2 aromatic carbocycles. The third-order valence-corrected chi connectivity index (χ3v) is 7.15. The first-order valence-corrected chi connectivity index (χ1v) is 11.9. The third-order valence-electron chi connectivity index (χ3n) is 5.23. The van der Waals surface area contributed by atoms with Crippen molar-refractivity contribution in [2.45, 2.75) is 16.7 Å². The number of alkyl halides is 2. The molecule has 1 amide bonds. The van der Waals surface area contributed by atoms with Crippen LogP contribution in [0.15, 0.2) is 54.6 Å². The molecule has 170 valence electrons. The molecule has 3 aromatic rings. The molecule has 4 nitrogen and oxygen atoms in total. The van der Waals surface area contributed by atoms with E-state index < -0.39 is 22.1 Å². The van der Waals surface area contributed by atoms with Gasteiger partial charge in [-0.25, -0.2) is 4.98 Å². The lowest BCUT2D eigenvalue weighted by Gasteiger charge is -2.09. The monoisotopic (exact) mass is 560 g/mol. The first-order chi connectivity index (χ1) is 15.6. The molecule has 0 saturated heterocycles. The van der Waals surface area contributed by atoms with Crippen LogP contribution in [0.3, 0.4) is 0 Å². The Kier molecular flexibility index (Phi) is 7.16. The van der Waals surface area contributed by atoms with Gasteiger partial charge >= 0.3 is 0 Å². The molecule has 33 heavy (non-hydrogen) atoms. The first kappa shape index (κ1) is 24.6. The van der Waals surface area contributed by atoms with E-state index in [1.807, 2.05) is 0 Å². The standard InChI is InChI=1S/C23H14Cl6N2O2/c24-12-6-11(7-13(25)8-12)20-21(23(20,28)29)22(33)31-15-4-5-17(26)16(9-15)18(32)10-14-2-1-3-19(27)30-14/h1-9,20-21H,10H2,(H,31,33). The highest BCUT2D eigenvalue weighted by Crippen LogP contribution is 2.65. The molecule has 1 heterocycles. The van der Waals surface area contributed by atoms with Gasteiger partial charge in [-0.1, -0.05) is 52.5 Å². The van der Waals surface area contributed by atoms with E-state index in [9.17, 15) is 9.59 Å². The number of carbonyl (C=O) groups excluding carboxylic acids is 2. The van der Waals surface area contributed by atoms with Gasteiger partial charge in [0.15, 0.2) is 5.78 Å². The van der Waals surface area contributed by atoms with Crippen LogP contribution < -0.4 is 5.32 Å². The van der Waals surface area contributed by atoms with Crippen LogP contribution in [0, 0.1) is 5.92 Å². The highest BCUT2D eigenvalue weighted by molar-refractivity contribution is 6.53. The van der Waals surface area contributed by atoms with E-state index >= 15 is 0 Å².